The molecule has 12 heteroatoms. The number of hydrogen-bond acceptors (Lipinski definition) is 8. The van der Waals surface area contributed by atoms with E-state index in [1.54, 1.807) is 12.0 Å². The van der Waals surface area contributed by atoms with Gasteiger partial charge in [-0.3, -0.25) is 19.2 Å². The van der Waals surface area contributed by atoms with Gasteiger partial charge in [-0.25, -0.2) is 0 Å². The van der Waals surface area contributed by atoms with Gasteiger partial charge in [0.25, 0.3) is 11.8 Å². The van der Waals surface area contributed by atoms with Crippen LogP contribution in [0.25, 0.3) is 0 Å². The molecule has 0 radical (unpaired) electrons. The first kappa shape index (κ1) is 35.7. The molecule has 54 heavy (non-hydrogen) atoms. The molecule has 3 aliphatic rings. The number of aromatic nitrogens is 3. The summed E-state index contributed by atoms with van der Waals surface area (Å²) in [5, 5.41) is 19.3. The Morgan fingerprint density at radius 3 is 2.50 bits per heavy atom. The van der Waals surface area contributed by atoms with Crippen LogP contribution < -0.4 is 24.5 Å². The van der Waals surface area contributed by atoms with Crippen LogP contribution in [0.3, 0.4) is 0 Å². The molecule has 1 fully saturated rings. The molecule has 278 valence electrons. The summed E-state index contributed by atoms with van der Waals surface area (Å²) in [6, 6.07) is 31.7. The molecule has 4 atom stereocenters. The smallest absolute Gasteiger partial charge is 0.269 e. The van der Waals surface area contributed by atoms with Crippen molar-refractivity contribution in [3.63, 3.8) is 0 Å². The van der Waals surface area contributed by atoms with E-state index in [2.05, 4.69) is 42.5 Å². The second kappa shape index (κ2) is 14.2. The van der Waals surface area contributed by atoms with Crippen molar-refractivity contribution < 1.29 is 28.9 Å². The molecule has 1 saturated heterocycles. The van der Waals surface area contributed by atoms with Gasteiger partial charge in [-0.2, -0.15) is 0 Å². The number of fused-ring (bicyclic) bond motifs is 3. The first-order valence-corrected chi connectivity index (χ1v) is 21.6. The van der Waals surface area contributed by atoms with Crippen LogP contribution in [0, 0.1) is 5.92 Å². The largest absolute Gasteiger partial charge is 0.497 e. The molecular weight excluding hydrogens is 699 g/mol. The van der Waals surface area contributed by atoms with Crippen molar-refractivity contribution in [2.45, 2.75) is 63.2 Å². The van der Waals surface area contributed by atoms with Gasteiger partial charge in [0.05, 0.1) is 44.9 Å². The molecule has 3 aliphatic heterocycles. The van der Waals surface area contributed by atoms with Crippen LogP contribution in [0.5, 0.6) is 11.5 Å². The zero-order chi connectivity index (χ0) is 37.6. The van der Waals surface area contributed by atoms with Crippen LogP contribution in [0.15, 0.2) is 103 Å². The van der Waals surface area contributed by atoms with E-state index in [-0.39, 0.29) is 42.6 Å². The Morgan fingerprint density at radius 2 is 1.72 bits per heavy atom. The number of benzene rings is 4. The van der Waals surface area contributed by atoms with Crippen LogP contribution >= 0.6 is 0 Å². The van der Waals surface area contributed by atoms with Gasteiger partial charge in [0.1, 0.15) is 11.5 Å². The number of ether oxygens (including phenoxy) is 3. The predicted octanol–water partition coefficient (Wildman–Crippen LogP) is 5.73. The summed E-state index contributed by atoms with van der Waals surface area (Å²) >= 11 is 0. The normalized spacial score (nSPS) is 22.1. The number of nitrogens with zero attached hydrogens (tertiary/aromatic N) is 5. The van der Waals surface area contributed by atoms with E-state index < -0.39 is 13.7 Å². The van der Waals surface area contributed by atoms with Gasteiger partial charge >= 0.3 is 0 Å². The summed E-state index contributed by atoms with van der Waals surface area (Å²) in [5.41, 5.74) is 3.63. The Hall–Kier alpha value is -5.30. The third-order valence-corrected chi connectivity index (χ3v) is 15.9. The van der Waals surface area contributed by atoms with E-state index in [4.69, 9.17) is 14.2 Å². The second-order valence-corrected chi connectivity index (χ2v) is 19.6. The van der Waals surface area contributed by atoms with Gasteiger partial charge in [0.15, 0.2) is 12.2 Å². The molecule has 1 spiro atoms. The summed E-state index contributed by atoms with van der Waals surface area (Å²) in [6.07, 6.45) is 2.71. The van der Waals surface area contributed by atoms with Crippen molar-refractivity contribution in [2.24, 2.45) is 5.92 Å². The van der Waals surface area contributed by atoms with Crippen molar-refractivity contribution in [3.05, 3.63) is 120 Å². The third kappa shape index (κ3) is 5.98. The molecular formula is C42H45N5O6Si. The number of amides is 2. The van der Waals surface area contributed by atoms with Gasteiger partial charge < -0.3 is 24.2 Å². The molecule has 1 N–H and O–H groups in total. The number of aryl methyl sites for hydroxylation is 1. The predicted molar refractivity (Wildman–Crippen MR) is 208 cm³/mol. The first-order valence-electron chi connectivity index (χ1n) is 18.5. The quantitative estimate of drug-likeness (QED) is 0.171. The van der Waals surface area contributed by atoms with Crippen LogP contribution in [0.4, 0.5) is 17.1 Å². The van der Waals surface area contributed by atoms with E-state index in [0.29, 0.717) is 37.4 Å². The fraction of sp³-hybridized carbons (Fsp3) is 0.333. The van der Waals surface area contributed by atoms with Crippen molar-refractivity contribution in [2.75, 3.05) is 30.1 Å². The minimum atomic E-state index is -2.33. The number of hydrogen-bond donors (Lipinski definition) is 1. The lowest BCUT2D eigenvalue weighted by Crippen LogP contribution is -2.51. The number of rotatable bonds is 11. The molecule has 4 heterocycles. The average Bonchev–Trinajstić information content (AvgIpc) is 3.84. The Balaban J connectivity index is 1.15. The zero-order valence-corrected chi connectivity index (χ0v) is 32.0. The lowest BCUT2D eigenvalue weighted by molar-refractivity contribution is -0.146. The summed E-state index contributed by atoms with van der Waals surface area (Å²) in [6.45, 7) is 7.78. The minimum absolute atomic E-state index is 0.00972. The van der Waals surface area contributed by atoms with E-state index >= 15 is 4.79 Å². The van der Waals surface area contributed by atoms with E-state index in [0.717, 1.165) is 33.9 Å². The molecule has 1 aromatic heterocycles. The van der Waals surface area contributed by atoms with E-state index in [1.807, 2.05) is 101 Å². The highest BCUT2D eigenvalue weighted by Crippen LogP contribution is 2.60. The maximum Gasteiger partial charge on any atom is 0.269 e. The maximum absolute atomic E-state index is 15.3. The van der Waals surface area contributed by atoms with Crippen LogP contribution in [-0.2, 0) is 39.4 Å². The van der Waals surface area contributed by atoms with Crippen molar-refractivity contribution in [3.8, 4) is 11.5 Å². The molecule has 2 amide bonds. The summed E-state index contributed by atoms with van der Waals surface area (Å²) in [4.78, 5) is 32.0. The zero-order valence-electron chi connectivity index (χ0n) is 31.0. The highest BCUT2D eigenvalue weighted by molar-refractivity contribution is 6.91. The molecule has 11 nitrogen and oxygen atoms in total. The number of methoxy groups -OCH3 is 1. The van der Waals surface area contributed by atoms with E-state index in [1.165, 1.54) is 5.19 Å². The molecule has 0 saturated carbocycles. The number of aliphatic hydroxyl groups is 1. The Morgan fingerprint density at radius 1 is 0.963 bits per heavy atom. The van der Waals surface area contributed by atoms with E-state index in [9.17, 15) is 9.90 Å². The van der Waals surface area contributed by atoms with Crippen LogP contribution in [-0.4, -0.2) is 66.4 Å². The standard InChI is InChI=1S/C42H45N5O6Si/c1-28-40(54(3,4)33-18-16-32(51-2)17-19-33)38(20-22-45-26-30(21-23-48)43-44-45)53-42(28)34-12-5-6-13-35(34)46(41(42)50)25-29-10-9-11-31(24-29)47-36-14-7-8-15-37(36)52-27-39(47)49/h5-19,24,26,28,38,40,48H,20-23,25,27H2,1-4H3/t28-,38+,40-,42+/m0/s1. The molecule has 0 unspecified atom stereocenters. The summed E-state index contributed by atoms with van der Waals surface area (Å²) in [5.74, 6) is 1.07. The number of carbonyl (C=O) groups is 2. The molecule has 4 aromatic carbocycles. The fourth-order valence-corrected chi connectivity index (χ4v) is 13.1. The summed E-state index contributed by atoms with van der Waals surface area (Å²) in [7, 11) is -0.661. The SMILES string of the molecule is COc1ccc([Si](C)(C)[C@@H]2[C@@H](CCn3cc(CCO)nn3)O[C@]3(C(=O)N(Cc4cccc(N5C(=O)COc6ccccc65)c4)c4ccccc43)[C@H]2C)cc1. The molecule has 5 aromatic rings. The van der Waals surface area contributed by atoms with Gasteiger partial charge in [-0.15, -0.1) is 5.10 Å². The number of carbonyl (C=O) groups excluding carboxylic acids is 2. The van der Waals surface area contributed by atoms with Crippen molar-refractivity contribution in [1.29, 1.82) is 0 Å². The van der Waals surface area contributed by atoms with Gasteiger partial charge in [-0.05, 0) is 60.0 Å². The van der Waals surface area contributed by atoms with Gasteiger partial charge in [-0.1, -0.05) is 85.0 Å². The highest BCUT2D eigenvalue weighted by atomic mass is 28.3. The average molecular weight is 744 g/mol. The Bertz CT molecular complexity index is 2190. The lowest BCUT2D eigenvalue weighted by atomic mass is 9.82. The number of anilines is 3. The fourth-order valence-electron chi connectivity index (χ4n) is 8.99. The highest BCUT2D eigenvalue weighted by Gasteiger charge is 2.66. The summed E-state index contributed by atoms with van der Waals surface area (Å²) < 4.78 is 20.3. The monoisotopic (exact) mass is 743 g/mol. The number of aliphatic hydroxyl groups excluding tert-OH is 1. The Kier molecular flexibility index (Phi) is 9.37. The Labute approximate surface area is 316 Å². The van der Waals surface area contributed by atoms with Gasteiger partial charge in [0.2, 0.25) is 0 Å². The van der Waals surface area contributed by atoms with Crippen LogP contribution in [0.1, 0.15) is 30.2 Å². The number of para-hydroxylation sites is 3. The molecule has 8 rings (SSSR count). The first-order chi connectivity index (χ1) is 26.1. The maximum atomic E-state index is 15.3. The topological polar surface area (TPSA) is 119 Å². The molecule has 0 bridgehead atoms. The minimum Gasteiger partial charge on any atom is -0.497 e. The second-order valence-electron chi connectivity index (χ2n) is 15.0. The van der Waals surface area contributed by atoms with Crippen molar-refractivity contribution in [1.82, 2.24) is 15.0 Å². The molecule has 0 aliphatic carbocycles. The van der Waals surface area contributed by atoms with Crippen molar-refractivity contribution >= 4 is 42.1 Å². The lowest BCUT2D eigenvalue weighted by Gasteiger charge is -2.37. The van der Waals surface area contributed by atoms with Crippen LogP contribution in [0.2, 0.25) is 18.6 Å². The van der Waals surface area contributed by atoms with Gasteiger partial charge in [0, 0.05) is 42.9 Å². The third-order valence-electron chi connectivity index (χ3n) is 11.6.